The molecule has 7 nitrogen and oxygen atoms in total. The molecule has 3 rings (SSSR count). The molecule has 0 bridgehead atoms. The van der Waals surface area contributed by atoms with E-state index in [1.165, 1.54) is 12.8 Å². The third kappa shape index (κ3) is 6.34. The van der Waals surface area contributed by atoms with Crippen molar-refractivity contribution in [2.24, 2.45) is 5.92 Å². The van der Waals surface area contributed by atoms with Crippen LogP contribution in [0.1, 0.15) is 30.1 Å². The van der Waals surface area contributed by atoms with Gasteiger partial charge in [-0.3, -0.25) is 14.4 Å². The normalized spacial score (nSPS) is 14.1. The Morgan fingerprint density at radius 1 is 1.00 bits per heavy atom. The van der Waals surface area contributed by atoms with Crippen molar-refractivity contribution in [1.82, 2.24) is 5.32 Å². The molecule has 1 aliphatic heterocycles. The molecule has 158 valence electrons. The monoisotopic (exact) mass is 409 g/mol. The van der Waals surface area contributed by atoms with Gasteiger partial charge in [-0.2, -0.15) is 0 Å². The number of benzene rings is 2. The average Bonchev–Trinajstić information content (AvgIpc) is 2.78. The van der Waals surface area contributed by atoms with E-state index in [1.807, 2.05) is 24.3 Å². The van der Waals surface area contributed by atoms with E-state index in [1.54, 1.807) is 30.3 Å². The van der Waals surface area contributed by atoms with Crippen LogP contribution in [0.2, 0.25) is 0 Å². The zero-order valence-electron chi connectivity index (χ0n) is 17.1. The highest BCUT2D eigenvalue weighted by atomic mass is 16.5. The highest BCUT2D eigenvalue weighted by molar-refractivity contribution is 5.96. The van der Waals surface area contributed by atoms with Crippen LogP contribution in [0.25, 0.3) is 0 Å². The van der Waals surface area contributed by atoms with Gasteiger partial charge in [-0.15, -0.1) is 0 Å². The first-order valence-corrected chi connectivity index (χ1v) is 10.1. The Labute approximate surface area is 176 Å². The molecule has 1 fully saturated rings. The first-order chi connectivity index (χ1) is 14.5. The lowest BCUT2D eigenvalue weighted by atomic mass is 9.99. The van der Waals surface area contributed by atoms with Crippen LogP contribution in [-0.2, 0) is 14.3 Å². The molecule has 2 aromatic rings. The Bertz CT molecular complexity index is 860. The summed E-state index contributed by atoms with van der Waals surface area (Å²) in [5.41, 5.74) is 2.23. The van der Waals surface area contributed by atoms with Crippen LogP contribution in [0.15, 0.2) is 54.6 Å². The van der Waals surface area contributed by atoms with Crippen molar-refractivity contribution in [1.29, 1.82) is 0 Å². The van der Waals surface area contributed by atoms with Crippen molar-refractivity contribution in [2.75, 3.05) is 36.5 Å². The second-order valence-electron chi connectivity index (χ2n) is 7.47. The second-order valence-corrected chi connectivity index (χ2v) is 7.47. The van der Waals surface area contributed by atoms with Crippen LogP contribution in [0.4, 0.5) is 11.4 Å². The number of piperidine rings is 1. The molecular weight excluding hydrogens is 382 g/mol. The summed E-state index contributed by atoms with van der Waals surface area (Å²) < 4.78 is 4.92. The summed E-state index contributed by atoms with van der Waals surface area (Å²) in [6.07, 6.45) is 2.38. The van der Waals surface area contributed by atoms with Gasteiger partial charge in [0.2, 0.25) is 0 Å². The van der Waals surface area contributed by atoms with Crippen LogP contribution in [0, 0.1) is 5.92 Å². The van der Waals surface area contributed by atoms with E-state index in [4.69, 9.17) is 4.74 Å². The van der Waals surface area contributed by atoms with Gasteiger partial charge in [0.05, 0.1) is 0 Å². The van der Waals surface area contributed by atoms with Gasteiger partial charge in [0.1, 0.15) is 6.54 Å². The molecule has 0 aromatic heterocycles. The van der Waals surface area contributed by atoms with Gasteiger partial charge >= 0.3 is 5.97 Å². The van der Waals surface area contributed by atoms with Crippen LogP contribution in [0.3, 0.4) is 0 Å². The molecule has 7 heteroatoms. The molecule has 0 spiro atoms. The SMILES string of the molecule is CC1CCN(c2ccc(NC(=O)COC(=O)CNC(=O)c3ccccc3)cc2)CC1. The molecule has 2 aromatic carbocycles. The van der Waals surface area contributed by atoms with Crippen molar-refractivity contribution in [2.45, 2.75) is 19.8 Å². The lowest BCUT2D eigenvalue weighted by molar-refractivity contribution is -0.146. The molecule has 0 saturated carbocycles. The number of amides is 2. The highest BCUT2D eigenvalue weighted by Gasteiger charge is 2.16. The zero-order valence-corrected chi connectivity index (χ0v) is 17.1. The standard InChI is InChI=1S/C23H27N3O4/c1-17-11-13-26(14-12-17)20-9-7-19(8-10-20)25-21(27)16-30-22(28)15-24-23(29)18-5-3-2-4-6-18/h2-10,17H,11-16H2,1H3,(H,24,29)(H,25,27). The van der Waals surface area contributed by atoms with Crippen LogP contribution in [-0.4, -0.2) is 44.0 Å². The lowest BCUT2D eigenvalue weighted by Crippen LogP contribution is -2.32. The number of rotatable bonds is 7. The summed E-state index contributed by atoms with van der Waals surface area (Å²) in [6.45, 7) is 3.66. The lowest BCUT2D eigenvalue weighted by Gasteiger charge is -2.32. The molecule has 0 unspecified atom stereocenters. The maximum atomic E-state index is 12.0. The molecule has 1 heterocycles. The van der Waals surface area contributed by atoms with Gasteiger partial charge in [0, 0.05) is 30.0 Å². The summed E-state index contributed by atoms with van der Waals surface area (Å²) in [5, 5.41) is 5.17. The Hall–Kier alpha value is -3.35. The molecule has 30 heavy (non-hydrogen) atoms. The van der Waals surface area contributed by atoms with E-state index in [-0.39, 0.29) is 12.5 Å². The number of nitrogens with one attached hydrogen (secondary N) is 2. The predicted octanol–water partition coefficient (Wildman–Crippen LogP) is 2.83. The van der Waals surface area contributed by atoms with E-state index in [0.717, 1.165) is 24.7 Å². The number of carbonyl (C=O) groups is 3. The Morgan fingerprint density at radius 3 is 2.33 bits per heavy atom. The minimum Gasteiger partial charge on any atom is -0.454 e. The zero-order chi connectivity index (χ0) is 21.3. The summed E-state index contributed by atoms with van der Waals surface area (Å²) in [6, 6.07) is 16.2. The molecule has 0 aliphatic carbocycles. The van der Waals surface area contributed by atoms with E-state index in [9.17, 15) is 14.4 Å². The molecule has 1 saturated heterocycles. The molecule has 0 atom stereocenters. The van der Waals surface area contributed by atoms with Gasteiger partial charge in [-0.1, -0.05) is 25.1 Å². The van der Waals surface area contributed by atoms with Crippen molar-refractivity contribution < 1.29 is 19.1 Å². The van der Waals surface area contributed by atoms with E-state index in [0.29, 0.717) is 11.3 Å². The minimum absolute atomic E-state index is 0.301. The Kier molecular flexibility index (Phi) is 7.43. The number of hydrogen-bond donors (Lipinski definition) is 2. The van der Waals surface area contributed by atoms with Crippen LogP contribution in [0.5, 0.6) is 0 Å². The maximum absolute atomic E-state index is 12.0. The summed E-state index contributed by atoms with van der Waals surface area (Å²) in [7, 11) is 0. The fraction of sp³-hybridized carbons (Fsp3) is 0.348. The number of carbonyl (C=O) groups excluding carboxylic acids is 3. The summed E-state index contributed by atoms with van der Waals surface area (Å²) in [4.78, 5) is 38.0. The number of ether oxygens (including phenoxy) is 1. The number of anilines is 2. The van der Waals surface area contributed by atoms with Gasteiger partial charge in [-0.25, -0.2) is 0 Å². The second kappa shape index (κ2) is 10.4. The van der Waals surface area contributed by atoms with Gasteiger partial charge in [-0.05, 0) is 55.2 Å². The van der Waals surface area contributed by atoms with E-state index < -0.39 is 18.5 Å². The first kappa shape index (κ1) is 21.4. The number of hydrogen-bond acceptors (Lipinski definition) is 5. The third-order valence-corrected chi connectivity index (χ3v) is 5.09. The van der Waals surface area contributed by atoms with Crippen molar-refractivity contribution in [3.8, 4) is 0 Å². The van der Waals surface area contributed by atoms with Crippen molar-refractivity contribution in [3.05, 3.63) is 60.2 Å². The van der Waals surface area contributed by atoms with Crippen molar-refractivity contribution >= 4 is 29.2 Å². The molecule has 0 radical (unpaired) electrons. The minimum atomic E-state index is -0.677. The summed E-state index contributed by atoms with van der Waals surface area (Å²) in [5.74, 6) is -0.712. The van der Waals surface area contributed by atoms with Crippen molar-refractivity contribution in [3.63, 3.8) is 0 Å². The quantitative estimate of drug-likeness (QED) is 0.687. The first-order valence-electron chi connectivity index (χ1n) is 10.1. The smallest absolute Gasteiger partial charge is 0.325 e. The highest BCUT2D eigenvalue weighted by Crippen LogP contribution is 2.24. The topological polar surface area (TPSA) is 87.7 Å². The summed E-state index contributed by atoms with van der Waals surface area (Å²) >= 11 is 0. The van der Waals surface area contributed by atoms with Crippen LogP contribution < -0.4 is 15.5 Å². The molecule has 2 N–H and O–H groups in total. The number of esters is 1. The van der Waals surface area contributed by atoms with Crippen LogP contribution >= 0.6 is 0 Å². The third-order valence-electron chi connectivity index (χ3n) is 5.09. The van der Waals surface area contributed by atoms with E-state index >= 15 is 0 Å². The Morgan fingerprint density at radius 2 is 1.67 bits per heavy atom. The predicted molar refractivity (Wildman–Crippen MR) is 115 cm³/mol. The van der Waals surface area contributed by atoms with Gasteiger partial charge in [0.25, 0.3) is 11.8 Å². The van der Waals surface area contributed by atoms with E-state index in [2.05, 4.69) is 22.5 Å². The Balaban J connectivity index is 1.38. The molecule has 2 amide bonds. The fourth-order valence-electron chi connectivity index (χ4n) is 3.26. The molecule has 1 aliphatic rings. The van der Waals surface area contributed by atoms with Gasteiger partial charge < -0.3 is 20.3 Å². The van der Waals surface area contributed by atoms with Gasteiger partial charge in [0.15, 0.2) is 6.61 Å². The fourth-order valence-corrected chi connectivity index (χ4v) is 3.26. The molecular formula is C23H27N3O4. The number of nitrogens with zero attached hydrogens (tertiary/aromatic N) is 1. The average molecular weight is 409 g/mol. The maximum Gasteiger partial charge on any atom is 0.325 e. The largest absolute Gasteiger partial charge is 0.454 e.